The van der Waals surface area contributed by atoms with Gasteiger partial charge in [0, 0.05) is 24.5 Å². The molecule has 5 rings (SSSR count). The van der Waals surface area contributed by atoms with Gasteiger partial charge in [0.2, 0.25) is 0 Å². The number of hydrogen-bond donors (Lipinski definition) is 1. The van der Waals surface area contributed by atoms with Gasteiger partial charge in [-0.2, -0.15) is 0 Å². The summed E-state index contributed by atoms with van der Waals surface area (Å²) in [6.07, 6.45) is 7.10. The zero-order valence-corrected chi connectivity index (χ0v) is 13.8. The number of carbonyl (C=O) groups excluding carboxylic acids is 1. The summed E-state index contributed by atoms with van der Waals surface area (Å²) in [7, 11) is 0. The van der Waals surface area contributed by atoms with Crippen molar-refractivity contribution in [2.75, 3.05) is 13.1 Å². The van der Waals surface area contributed by atoms with Gasteiger partial charge < -0.3 is 5.32 Å². The van der Waals surface area contributed by atoms with Crippen LogP contribution in [0.2, 0.25) is 0 Å². The van der Waals surface area contributed by atoms with Crippen LogP contribution >= 0.6 is 11.3 Å². The number of nitrogens with zero attached hydrogens (tertiary/aromatic N) is 2. The summed E-state index contributed by atoms with van der Waals surface area (Å²) in [6.45, 7) is 2.31. The number of carbonyl (C=O) groups is 1. The van der Waals surface area contributed by atoms with E-state index < -0.39 is 0 Å². The Bertz CT molecular complexity index is 650. The molecule has 120 valence electrons. The van der Waals surface area contributed by atoms with Gasteiger partial charge in [-0.15, -0.1) is 11.3 Å². The highest BCUT2D eigenvalue weighted by molar-refractivity contribution is 7.12. The lowest BCUT2D eigenvalue weighted by atomic mass is 9.77. The van der Waals surface area contributed by atoms with Gasteiger partial charge in [-0.25, -0.2) is 0 Å². The second kappa shape index (κ2) is 6.42. The highest BCUT2D eigenvalue weighted by Gasteiger charge is 2.42. The predicted molar refractivity (Wildman–Crippen MR) is 91.6 cm³/mol. The minimum Gasteiger partial charge on any atom is -0.347 e. The third-order valence-corrected chi connectivity index (χ3v) is 6.04. The maximum absolute atomic E-state index is 12.5. The number of amides is 1. The number of rotatable bonds is 4. The van der Waals surface area contributed by atoms with Crippen molar-refractivity contribution in [2.45, 2.75) is 31.3 Å². The molecule has 2 aromatic heterocycles. The van der Waals surface area contributed by atoms with Crippen LogP contribution in [0.3, 0.4) is 0 Å². The molecule has 3 aliphatic heterocycles. The van der Waals surface area contributed by atoms with E-state index in [0.29, 0.717) is 12.0 Å². The number of piperidine rings is 3. The van der Waals surface area contributed by atoms with Crippen LogP contribution in [-0.2, 0) is 6.42 Å². The first-order chi connectivity index (χ1) is 11.3. The summed E-state index contributed by atoms with van der Waals surface area (Å²) >= 11 is 1.51. The highest BCUT2D eigenvalue weighted by Crippen LogP contribution is 2.34. The minimum atomic E-state index is 0.0786. The van der Waals surface area contributed by atoms with Crippen LogP contribution in [0.5, 0.6) is 0 Å². The SMILES string of the molecule is O=C(N[C@@H]1C2CCN(CC2)[C@@H]1Cc1cccnc1)c1cccs1. The number of nitrogens with one attached hydrogen (secondary N) is 1. The van der Waals surface area contributed by atoms with Gasteiger partial charge >= 0.3 is 0 Å². The maximum atomic E-state index is 12.5. The van der Waals surface area contributed by atoms with Crippen molar-refractivity contribution in [1.29, 1.82) is 0 Å². The van der Waals surface area contributed by atoms with E-state index in [1.165, 1.54) is 29.7 Å². The van der Waals surface area contributed by atoms with Crippen molar-refractivity contribution < 1.29 is 4.79 Å². The third-order valence-electron chi connectivity index (χ3n) is 5.18. The highest BCUT2D eigenvalue weighted by atomic mass is 32.1. The van der Waals surface area contributed by atoms with Crippen LogP contribution < -0.4 is 5.32 Å². The molecule has 2 aromatic rings. The van der Waals surface area contributed by atoms with E-state index in [9.17, 15) is 4.79 Å². The monoisotopic (exact) mass is 327 g/mol. The molecule has 1 amide bonds. The summed E-state index contributed by atoms with van der Waals surface area (Å²) < 4.78 is 0. The van der Waals surface area contributed by atoms with Gasteiger partial charge in [-0.3, -0.25) is 14.7 Å². The molecule has 2 bridgehead atoms. The summed E-state index contributed by atoms with van der Waals surface area (Å²) in [4.78, 5) is 20.1. The van der Waals surface area contributed by atoms with Crippen LogP contribution in [0, 0.1) is 5.92 Å². The van der Waals surface area contributed by atoms with Gasteiger partial charge in [0.05, 0.1) is 4.88 Å². The lowest BCUT2D eigenvalue weighted by Crippen LogP contribution is -2.64. The van der Waals surface area contributed by atoms with Crippen LogP contribution in [0.1, 0.15) is 28.1 Å². The van der Waals surface area contributed by atoms with E-state index in [-0.39, 0.29) is 11.9 Å². The number of thiophene rings is 1. The molecular formula is C18H21N3OS. The predicted octanol–water partition coefficient (Wildman–Crippen LogP) is 2.58. The number of aromatic nitrogens is 1. The van der Waals surface area contributed by atoms with Crippen molar-refractivity contribution in [1.82, 2.24) is 15.2 Å². The second-order valence-corrected chi connectivity index (χ2v) is 7.43. The number of hydrogen-bond acceptors (Lipinski definition) is 4. The largest absolute Gasteiger partial charge is 0.347 e. The lowest BCUT2D eigenvalue weighted by Gasteiger charge is -2.51. The fourth-order valence-corrected chi connectivity index (χ4v) is 4.64. The molecule has 3 saturated heterocycles. The molecule has 3 fully saturated rings. The molecular weight excluding hydrogens is 306 g/mol. The Labute approximate surface area is 140 Å². The molecule has 5 heterocycles. The molecule has 0 radical (unpaired) electrons. The zero-order valence-electron chi connectivity index (χ0n) is 13.0. The number of pyridine rings is 1. The third kappa shape index (κ3) is 3.03. The van der Waals surface area contributed by atoms with Crippen LogP contribution in [0.25, 0.3) is 0 Å². The molecule has 23 heavy (non-hydrogen) atoms. The van der Waals surface area contributed by atoms with Crippen molar-refractivity contribution >= 4 is 17.2 Å². The molecule has 3 aliphatic rings. The standard InChI is InChI=1S/C18H21N3OS/c22-18(16-4-2-10-23-16)20-17-14-5-8-21(9-6-14)15(17)11-13-3-1-7-19-12-13/h1-4,7,10,12,14-15,17H,5-6,8-9,11H2,(H,20,22)/t15-,17-/m1/s1. The Morgan fingerprint density at radius 2 is 2.17 bits per heavy atom. The van der Waals surface area contributed by atoms with E-state index in [2.05, 4.69) is 21.3 Å². The fourth-order valence-electron chi connectivity index (χ4n) is 4.01. The topological polar surface area (TPSA) is 45.2 Å². The molecule has 2 atom stereocenters. The average molecular weight is 327 g/mol. The molecule has 4 nitrogen and oxygen atoms in total. The first-order valence-electron chi connectivity index (χ1n) is 8.28. The van der Waals surface area contributed by atoms with Crippen molar-refractivity contribution in [3.05, 3.63) is 52.5 Å². The molecule has 0 aromatic carbocycles. The normalized spacial score (nSPS) is 29.4. The van der Waals surface area contributed by atoms with E-state index >= 15 is 0 Å². The van der Waals surface area contributed by atoms with Crippen LogP contribution in [-0.4, -0.2) is 41.0 Å². The van der Waals surface area contributed by atoms with E-state index in [1.807, 2.05) is 36.0 Å². The zero-order chi connectivity index (χ0) is 15.6. The smallest absolute Gasteiger partial charge is 0.261 e. The lowest BCUT2D eigenvalue weighted by molar-refractivity contribution is 0.0137. The van der Waals surface area contributed by atoms with Gasteiger partial charge in [-0.1, -0.05) is 12.1 Å². The molecule has 1 N–H and O–H groups in total. The van der Waals surface area contributed by atoms with Gasteiger partial charge in [0.25, 0.3) is 5.91 Å². The molecule has 0 spiro atoms. The van der Waals surface area contributed by atoms with Crippen molar-refractivity contribution in [2.24, 2.45) is 5.92 Å². The Morgan fingerprint density at radius 3 is 2.87 bits per heavy atom. The second-order valence-electron chi connectivity index (χ2n) is 6.48. The quantitative estimate of drug-likeness (QED) is 0.939. The fraction of sp³-hybridized carbons (Fsp3) is 0.444. The first-order valence-corrected chi connectivity index (χ1v) is 9.16. The van der Waals surface area contributed by atoms with Crippen LogP contribution in [0.15, 0.2) is 42.0 Å². The van der Waals surface area contributed by atoms with Crippen LogP contribution in [0.4, 0.5) is 0 Å². The summed E-state index contributed by atoms with van der Waals surface area (Å²) in [5, 5.41) is 5.29. The van der Waals surface area contributed by atoms with Gasteiger partial charge in [0.1, 0.15) is 0 Å². The molecule has 0 saturated carbocycles. The molecule has 5 heteroatoms. The summed E-state index contributed by atoms with van der Waals surface area (Å²) in [5.41, 5.74) is 1.25. The summed E-state index contributed by atoms with van der Waals surface area (Å²) in [6, 6.07) is 8.59. The minimum absolute atomic E-state index is 0.0786. The summed E-state index contributed by atoms with van der Waals surface area (Å²) in [5.74, 6) is 0.681. The van der Waals surface area contributed by atoms with Gasteiger partial charge in [-0.05, 0) is 61.3 Å². The number of fused-ring (bicyclic) bond motifs is 3. The van der Waals surface area contributed by atoms with E-state index in [1.54, 1.807) is 0 Å². The first kappa shape index (κ1) is 14.8. The maximum Gasteiger partial charge on any atom is 0.261 e. The van der Waals surface area contributed by atoms with Crippen molar-refractivity contribution in [3.63, 3.8) is 0 Å². The Hall–Kier alpha value is -1.72. The van der Waals surface area contributed by atoms with E-state index in [0.717, 1.165) is 24.4 Å². The Kier molecular flexibility index (Phi) is 4.14. The van der Waals surface area contributed by atoms with Gasteiger partial charge in [0.15, 0.2) is 0 Å². The Balaban J connectivity index is 1.53. The average Bonchev–Trinajstić information content (AvgIpc) is 3.13. The Morgan fingerprint density at radius 1 is 1.30 bits per heavy atom. The van der Waals surface area contributed by atoms with Crippen molar-refractivity contribution in [3.8, 4) is 0 Å². The molecule has 0 unspecified atom stereocenters. The molecule has 0 aliphatic carbocycles. The van der Waals surface area contributed by atoms with E-state index in [4.69, 9.17) is 0 Å².